The van der Waals surface area contributed by atoms with Crippen LogP contribution in [0.4, 0.5) is 16.2 Å². The molecule has 0 spiro atoms. The average Bonchev–Trinajstić information content (AvgIpc) is 3.51. The molecular weight excluding hydrogens is 454 g/mol. The van der Waals surface area contributed by atoms with Crippen LogP contribution in [0.25, 0.3) is 0 Å². The Labute approximate surface area is 195 Å². The quantitative estimate of drug-likeness (QED) is 0.685. The van der Waals surface area contributed by atoms with Gasteiger partial charge in [0.1, 0.15) is 24.5 Å². The third-order valence-corrected chi connectivity index (χ3v) is 7.38. The van der Waals surface area contributed by atoms with Crippen molar-refractivity contribution in [2.24, 2.45) is 0 Å². The monoisotopic (exact) mass is 477 g/mol. The van der Waals surface area contributed by atoms with Gasteiger partial charge in [0.25, 0.3) is 5.91 Å². The molecule has 2 amide bonds. The van der Waals surface area contributed by atoms with E-state index in [2.05, 4.69) is 10.2 Å². The molecule has 1 aromatic carbocycles. The number of hydrogen-bond donors (Lipinski definition) is 1. The first-order chi connectivity index (χ1) is 15.5. The van der Waals surface area contributed by atoms with Crippen LogP contribution in [0.1, 0.15) is 22.5 Å². The summed E-state index contributed by atoms with van der Waals surface area (Å²) >= 11 is 7.11. The molecule has 0 unspecified atom stereocenters. The predicted molar refractivity (Wildman–Crippen MR) is 122 cm³/mol. The van der Waals surface area contributed by atoms with Crippen molar-refractivity contribution in [3.05, 3.63) is 39.5 Å². The van der Waals surface area contributed by atoms with Crippen LogP contribution in [0.5, 0.6) is 5.75 Å². The average molecular weight is 478 g/mol. The fourth-order valence-electron chi connectivity index (χ4n) is 4.63. The van der Waals surface area contributed by atoms with Gasteiger partial charge in [0.2, 0.25) is 0 Å². The second-order valence-corrected chi connectivity index (χ2v) is 9.80. The SMILES string of the molecule is COC[C@@H]1CCCN1c1ccc2c(c1)OC[C@H]1[C@H](CNC(=O)c3ccc(Cl)s3)OC(=O)N21. The maximum atomic E-state index is 12.7. The van der Waals surface area contributed by atoms with Gasteiger partial charge in [-0.05, 0) is 37.1 Å². The van der Waals surface area contributed by atoms with Crippen LogP contribution in [-0.2, 0) is 9.47 Å². The van der Waals surface area contributed by atoms with Crippen LogP contribution in [-0.4, -0.2) is 63.6 Å². The Morgan fingerprint density at radius 2 is 2.22 bits per heavy atom. The Balaban J connectivity index is 1.29. The lowest BCUT2D eigenvalue weighted by molar-refractivity contribution is 0.0890. The molecule has 0 bridgehead atoms. The Morgan fingerprint density at radius 3 is 3.00 bits per heavy atom. The highest BCUT2D eigenvalue weighted by atomic mass is 35.5. The molecule has 1 N–H and O–H groups in total. The second-order valence-electron chi connectivity index (χ2n) is 8.08. The third-order valence-electron chi connectivity index (χ3n) is 6.15. The number of ether oxygens (including phenoxy) is 3. The standard InChI is InChI=1S/C22H24ClN3O5S/c1-29-11-14-3-2-8-25(14)13-4-5-15-17(9-13)30-12-16-18(31-22(28)26(15)16)10-24-21(27)19-6-7-20(23)32-19/h4-7,9,14,16,18H,2-3,8,10-12H2,1H3,(H,24,27)/t14-,16-,18-/m0/s1. The number of carbonyl (C=O) groups excluding carboxylic acids is 2. The fraction of sp³-hybridized carbons (Fsp3) is 0.455. The van der Waals surface area contributed by atoms with E-state index in [0.29, 0.717) is 39.9 Å². The summed E-state index contributed by atoms with van der Waals surface area (Å²) in [5, 5.41) is 2.83. The first-order valence-electron chi connectivity index (χ1n) is 10.6. The number of amides is 2. The van der Waals surface area contributed by atoms with E-state index >= 15 is 0 Å². The van der Waals surface area contributed by atoms with E-state index in [1.165, 1.54) is 11.3 Å². The topological polar surface area (TPSA) is 80.3 Å². The van der Waals surface area contributed by atoms with Gasteiger partial charge in [-0.15, -0.1) is 11.3 Å². The van der Waals surface area contributed by atoms with Gasteiger partial charge in [-0.25, -0.2) is 4.79 Å². The number of nitrogens with zero attached hydrogens (tertiary/aromatic N) is 2. The third kappa shape index (κ3) is 3.89. The Bertz CT molecular complexity index is 1030. The maximum Gasteiger partial charge on any atom is 0.415 e. The number of anilines is 2. The molecular formula is C22H24ClN3O5S. The van der Waals surface area contributed by atoms with Gasteiger partial charge in [0.05, 0.1) is 34.1 Å². The van der Waals surface area contributed by atoms with Crippen molar-refractivity contribution < 1.29 is 23.8 Å². The Morgan fingerprint density at radius 1 is 1.34 bits per heavy atom. The summed E-state index contributed by atoms with van der Waals surface area (Å²) in [5.41, 5.74) is 1.75. The molecule has 3 aliphatic rings. The number of benzene rings is 1. The highest BCUT2D eigenvalue weighted by molar-refractivity contribution is 7.18. The number of nitrogens with one attached hydrogen (secondary N) is 1. The summed E-state index contributed by atoms with van der Waals surface area (Å²) in [6.07, 6.45) is 1.29. The molecule has 3 atom stereocenters. The lowest BCUT2D eigenvalue weighted by Gasteiger charge is -2.33. The lowest BCUT2D eigenvalue weighted by atomic mass is 10.1. The van der Waals surface area contributed by atoms with E-state index in [1.54, 1.807) is 24.1 Å². The van der Waals surface area contributed by atoms with E-state index in [4.69, 9.17) is 25.8 Å². The van der Waals surface area contributed by atoms with Crippen LogP contribution < -0.4 is 19.9 Å². The summed E-state index contributed by atoms with van der Waals surface area (Å²) in [5.74, 6) is 0.422. The molecule has 4 heterocycles. The molecule has 5 rings (SSSR count). The molecule has 170 valence electrons. The minimum atomic E-state index is -0.501. The van der Waals surface area contributed by atoms with Gasteiger partial charge in [-0.2, -0.15) is 0 Å². The van der Waals surface area contributed by atoms with E-state index < -0.39 is 12.2 Å². The number of methoxy groups -OCH3 is 1. The van der Waals surface area contributed by atoms with Gasteiger partial charge in [-0.3, -0.25) is 9.69 Å². The number of halogens is 1. The number of carbonyl (C=O) groups is 2. The maximum absolute atomic E-state index is 12.7. The van der Waals surface area contributed by atoms with Crippen molar-refractivity contribution in [1.29, 1.82) is 0 Å². The van der Waals surface area contributed by atoms with Crippen molar-refractivity contribution in [2.45, 2.75) is 31.0 Å². The number of cyclic esters (lactones) is 1. The second kappa shape index (κ2) is 8.80. The van der Waals surface area contributed by atoms with Crippen LogP contribution in [0, 0.1) is 0 Å². The summed E-state index contributed by atoms with van der Waals surface area (Å²) in [4.78, 5) is 29.5. The van der Waals surface area contributed by atoms with E-state index in [-0.39, 0.29) is 18.5 Å². The molecule has 0 radical (unpaired) electrons. The molecule has 10 heteroatoms. The fourth-order valence-corrected chi connectivity index (χ4v) is 5.59. The van der Waals surface area contributed by atoms with Crippen molar-refractivity contribution in [3.8, 4) is 5.75 Å². The van der Waals surface area contributed by atoms with Crippen LogP contribution in [0.3, 0.4) is 0 Å². The minimum absolute atomic E-state index is 0.199. The zero-order valence-electron chi connectivity index (χ0n) is 17.6. The van der Waals surface area contributed by atoms with Gasteiger partial charge < -0.3 is 24.4 Å². The molecule has 8 nitrogen and oxygen atoms in total. The normalized spacial score (nSPS) is 24.1. The molecule has 1 aromatic heterocycles. The van der Waals surface area contributed by atoms with E-state index in [0.717, 1.165) is 25.1 Å². The molecule has 0 aliphatic carbocycles. The van der Waals surface area contributed by atoms with Crippen molar-refractivity contribution in [2.75, 3.05) is 43.2 Å². The summed E-state index contributed by atoms with van der Waals surface area (Å²) in [7, 11) is 1.72. The number of thiophene rings is 1. The molecule has 0 saturated carbocycles. The van der Waals surface area contributed by atoms with Crippen molar-refractivity contribution in [3.63, 3.8) is 0 Å². The summed E-state index contributed by atoms with van der Waals surface area (Å²) in [6.45, 7) is 2.15. The molecule has 32 heavy (non-hydrogen) atoms. The molecule has 2 fully saturated rings. The van der Waals surface area contributed by atoms with Gasteiger partial charge in [-0.1, -0.05) is 11.6 Å². The Hall–Kier alpha value is -2.49. The van der Waals surface area contributed by atoms with Crippen LogP contribution in [0.2, 0.25) is 4.34 Å². The predicted octanol–water partition coefficient (Wildman–Crippen LogP) is 3.53. The highest BCUT2D eigenvalue weighted by Crippen LogP contribution is 2.41. The number of fused-ring (bicyclic) bond motifs is 3. The van der Waals surface area contributed by atoms with Gasteiger partial charge in [0, 0.05) is 25.4 Å². The Kier molecular flexibility index (Phi) is 5.88. The van der Waals surface area contributed by atoms with Gasteiger partial charge in [0.15, 0.2) is 0 Å². The zero-order chi connectivity index (χ0) is 22.2. The van der Waals surface area contributed by atoms with E-state index in [1.807, 2.05) is 18.2 Å². The number of rotatable bonds is 6. The molecule has 2 aromatic rings. The molecule has 2 saturated heterocycles. The highest BCUT2D eigenvalue weighted by Gasteiger charge is 2.46. The van der Waals surface area contributed by atoms with Crippen molar-refractivity contribution in [1.82, 2.24) is 5.32 Å². The summed E-state index contributed by atoms with van der Waals surface area (Å²) < 4.78 is 17.5. The first-order valence-corrected chi connectivity index (χ1v) is 11.8. The van der Waals surface area contributed by atoms with E-state index in [9.17, 15) is 9.59 Å². The van der Waals surface area contributed by atoms with Crippen molar-refractivity contribution >= 4 is 46.3 Å². The van der Waals surface area contributed by atoms with Crippen LogP contribution >= 0.6 is 22.9 Å². The molecule has 3 aliphatic heterocycles. The number of hydrogen-bond acceptors (Lipinski definition) is 7. The lowest BCUT2D eigenvalue weighted by Crippen LogP contribution is -2.47. The zero-order valence-corrected chi connectivity index (χ0v) is 19.2. The minimum Gasteiger partial charge on any atom is -0.489 e. The van der Waals surface area contributed by atoms with Gasteiger partial charge >= 0.3 is 6.09 Å². The summed E-state index contributed by atoms with van der Waals surface area (Å²) in [6, 6.07) is 9.31. The first kappa shape index (κ1) is 21.4. The van der Waals surface area contributed by atoms with Crippen LogP contribution in [0.15, 0.2) is 30.3 Å². The smallest absolute Gasteiger partial charge is 0.415 e. The largest absolute Gasteiger partial charge is 0.489 e.